The molecule has 70 valence electrons. The summed E-state index contributed by atoms with van der Waals surface area (Å²) in [6.07, 6.45) is 4.49. The minimum atomic E-state index is 0.205. The van der Waals surface area contributed by atoms with E-state index in [0.717, 1.165) is 0 Å². The topological polar surface area (TPSA) is 0 Å². The standard InChI is InChI=1S/C14H14/c1-2-13(11-10-12-8-9-12)14-6-4-3-5-7-14/h2-7,12-13H,1,8-9H2/t13-/m1/s1. The van der Waals surface area contributed by atoms with E-state index < -0.39 is 0 Å². The third kappa shape index (κ3) is 2.26. The predicted octanol–water partition coefficient (Wildman–Crippen LogP) is 3.37. The molecule has 1 atom stereocenters. The second-order valence-corrected chi connectivity index (χ2v) is 3.69. The summed E-state index contributed by atoms with van der Waals surface area (Å²) in [5.41, 5.74) is 1.25. The van der Waals surface area contributed by atoms with Crippen LogP contribution in [0.4, 0.5) is 0 Å². The molecule has 1 aliphatic carbocycles. The lowest BCUT2D eigenvalue weighted by Crippen LogP contribution is -1.90. The summed E-state index contributed by atoms with van der Waals surface area (Å²) in [4.78, 5) is 0. The first-order valence-corrected chi connectivity index (χ1v) is 5.08. The van der Waals surface area contributed by atoms with Crippen molar-refractivity contribution in [1.29, 1.82) is 0 Å². The zero-order valence-electron chi connectivity index (χ0n) is 8.24. The van der Waals surface area contributed by atoms with Crippen LogP contribution in [0, 0.1) is 17.8 Å². The maximum absolute atomic E-state index is 3.83. The van der Waals surface area contributed by atoms with Crippen LogP contribution in [0.25, 0.3) is 0 Å². The summed E-state index contributed by atoms with van der Waals surface area (Å²) in [5.74, 6) is 7.44. The van der Waals surface area contributed by atoms with Gasteiger partial charge in [0.1, 0.15) is 0 Å². The highest BCUT2D eigenvalue weighted by Gasteiger charge is 2.18. The molecule has 0 aromatic heterocycles. The minimum absolute atomic E-state index is 0.205. The van der Waals surface area contributed by atoms with Crippen LogP contribution in [0.2, 0.25) is 0 Å². The van der Waals surface area contributed by atoms with Crippen molar-refractivity contribution in [2.75, 3.05) is 0 Å². The van der Waals surface area contributed by atoms with Gasteiger partial charge in [0.2, 0.25) is 0 Å². The van der Waals surface area contributed by atoms with Crippen molar-refractivity contribution in [2.45, 2.75) is 18.8 Å². The third-order valence-electron chi connectivity index (χ3n) is 2.41. The Kier molecular flexibility index (Phi) is 2.70. The molecule has 2 rings (SSSR count). The van der Waals surface area contributed by atoms with Crippen molar-refractivity contribution in [3.05, 3.63) is 48.6 Å². The lowest BCUT2D eigenvalue weighted by molar-refractivity contribution is 1.11. The number of benzene rings is 1. The van der Waals surface area contributed by atoms with Gasteiger partial charge in [0, 0.05) is 5.92 Å². The largest absolute Gasteiger partial charge is 0.102 e. The minimum Gasteiger partial charge on any atom is -0.102 e. The lowest BCUT2D eigenvalue weighted by Gasteiger charge is -2.03. The first-order chi connectivity index (χ1) is 6.90. The van der Waals surface area contributed by atoms with Crippen LogP contribution < -0.4 is 0 Å². The van der Waals surface area contributed by atoms with Gasteiger partial charge in [-0.05, 0) is 18.4 Å². The highest BCUT2D eigenvalue weighted by molar-refractivity contribution is 5.33. The first kappa shape index (κ1) is 9.09. The molecule has 0 N–H and O–H groups in total. The van der Waals surface area contributed by atoms with Gasteiger partial charge in [0.25, 0.3) is 0 Å². The Labute approximate surface area is 85.7 Å². The second kappa shape index (κ2) is 4.15. The molecular formula is C14H14. The van der Waals surface area contributed by atoms with Crippen molar-refractivity contribution < 1.29 is 0 Å². The highest BCUT2D eigenvalue weighted by atomic mass is 14.2. The normalized spacial score (nSPS) is 16.6. The number of allylic oxidation sites excluding steroid dienone is 1. The molecule has 14 heavy (non-hydrogen) atoms. The number of rotatable bonds is 2. The monoisotopic (exact) mass is 182 g/mol. The van der Waals surface area contributed by atoms with Gasteiger partial charge in [-0.15, -0.1) is 6.58 Å². The Balaban J connectivity index is 2.14. The van der Waals surface area contributed by atoms with Gasteiger partial charge in [0.15, 0.2) is 0 Å². The van der Waals surface area contributed by atoms with Crippen LogP contribution in [-0.2, 0) is 0 Å². The molecular weight excluding hydrogens is 168 g/mol. The zero-order valence-corrected chi connectivity index (χ0v) is 8.24. The van der Waals surface area contributed by atoms with E-state index >= 15 is 0 Å². The molecule has 1 aliphatic rings. The third-order valence-corrected chi connectivity index (χ3v) is 2.41. The zero-order chi connectivity index (χ0) is 9.80. The summed E-state index contributed by atoms with van der Waals surface area (Å²) in [5, 5.41) is 0. The lowest BCUT2D eigenvalue weighted by atomic mass is 10.00. The van der Waals surface area contributed by atoms with Gasteiger partial charge in [-0.25, -0.2) is 0 Å². The summed E-state index contributed by atoms with van der Waals surface area (Å²) >= 11 is 0. The quantitative estimate of drug-likeness (QED) is 0.486. The molecule has 0 bridgehead atoms. The molecule has 0 saturated heterocycles. The van der Waals surface area contributed by atoms with Crippen LogP contribution >= 0.6 is 0 Å². The Bertz CT molecular complexity index is 360. The molecule has 0 spiro atoms. The van der Waals surface area contributed by atoms with Gasteiger partial charge in [-0.3, -0.25) is 0 Å². The van der Waals surface area contributed by atoms with Crippen molar-refractivity contribution >= 4 is 0 Å². The molecule has 0 aliphatic heterocycles. The summed E-state index contributed by atoms with van der Waals surface area (Å²) in [7, 11) is 0. The number of hydrogen-bond acceptors (Lipinski definition) is 0. The molecule has 1 fully saturated rings. The van der Waals surface area contributed by atoms with Gasteiger partial charge in [-0.1, -0.05) is 48.2 Å². The van der Waals surface area contributed by atoms with Gasteiger partial charge < -0.3 is 0 Å². The van der Waals surface area contributed by atoms with Crippen LogP contribution in [-0.4, -0.2) is 0 Å². The summed E-state index contributed by atoms with van der Waals surface area (Å²) < 4.78 is 0. The Morgan fingerprint density at radius 1 is 1.29 bits per heavy atom. The average molecular weight is 182 g/mol. The SMILES string of the molecule is C=C[C@H](C#CC1CC1)c1ccccc1. The van der Waals surface area contributed by atoms with E-state index in [4.69, 9.17) is 0 Å². The second-order valence-electron chi connectivity index (χ2n) is 3.69. The van der Waals surface area contributed by atoms with Gasteiger partial charge in [0.05, 0.1) is 5.92 Å². The highest BCUT2D eigenvalue weighted by Crippen LogP contribution is 2.28. The fourth-order valence-corrected chi connectivity index (χ4v) is 1.37. The Hall–Kier alpha value is -1.48. The van der Waals surface area contributed by atoms with Crippen LogP contribution in [0.3, 0.4) is 0 Å². The van der Waals surface area contributed by atoms with Crippen LogP contribution in [0.5, 0.6) is 0 Å². The van der Waals surface area contributed by atoms with E-state index in [9.17, 15) is 0 Å². The van der Waals surface area contributed by atoms with E-state index in [1.807, 2.05) is 24.3 Å². The number of hydrogen-bond donors (Lipinski definition) is 0. The van der Waals surface area contributed by atoms with Crippen molar-refractivity contribution in [1.82, 2.24) is 0 Å². The molecule has 0 nitrogen and oxygen atoms in total. The molecule has 1 saturated carbocycles. The van der Waals surface area contributed by atoms with E-state index in [1.165, 1.54) is 18.4 Å². The average Bonchev–Trinajstić information content (AvgIpc) is 3.04. The van der Waals surface area contributed by atoms with Gasteiger partial charge in [-0.2, -0.15) is 0 Å². The fourth-order valence-electron chi connectivity index (χ4n) is 1.37. The molecule has 0 unspecified atom stereocenters. The van der Waals surface area contributed by atoms with E-state index in [1.54, 1.807) is 0 Å². The summed E-state index contributed by atoms with van der Waals surface area (Å²) in [6.45, 7) is 3.83. The molecule has 0 radical (unpaired) electrons. The molecule has 0 heteroatoms. The van der Waals surface area contributed by atoms with Crippen LogP contribution in [0.15, 0.2) is 43.0 Å². The maximum atomic E-state index is 3.83. The van der Waals surface area contributed by atoms with E-state index in [2.05, 4.69) is 30.6 Å². The van der Waals surface area contributed by atoms with E-state index in [-0.39, 0.29) is 5.92 Å². The molecule has 1 aromatic rings. The smallest absolute Gasteiger partial charge is 0.0630 e. The fraction of sp³-hybridized carbons (Fsp3) is 0.286. The summed E-state index contributed by atoms with van der Waals surface area (Å²) in [6, 6.07) is 10.3. The van der Waals surface area contributed by atoms with E-state index in [0.29, 0.717) is 5.92 Å². The van der Waals surface area contributed by atoms with Crippen molar-refractivity contribution in [3.8, 4) is 11.8 Å². The maximum Gasteiger partial charge on any atom is 0.0630 e. The van der Waals surface area contributed by atoms with Gasteiger partial charge >= 0.3 is 0 Å². The molecule has 1 aromatic carbocycles. The van der Waals surface area contributed by atoms with Crippen molar-refractivity contribution in [2.24, 2.45) is 5.92 Å². The first-order valence-electron chi connectivity index (χ1n) is 5.08. The Morgan fingerprint density at radius 2 is 2.00 bits per heavy atom. The molecule has 0 amide bonds. The molecule has 0 heterocycles. The predicted molar refractivity (Wildman–Crippen MR) is 59.9 cm³/mol. The van der Waals surface area contributed by atoms with Crippen LogP contribution in [0.1, 0.15) is 24.3 Å². The van der Waals surface area contributed by atoms with Crippen molar-refractivity contribution in [3.63, 3.8) is 0 Å². The Morgan fingerprint density at radius 3 is 2.57 bits per heavy atom.